The van der Waals surface area contributed by atoms with E-state index in [1.807, 2.05) is 77.8 Å². The van der Waals surface area contributed by atoms with Crippen molar-refractivity contribution in [2.24, 2.45) is 7.05 Å². The first-order valence-electron chi connectivity index (χ1n) is 10.9. The number of aromatic nitrogens is 1. The predicted molar refractivity (Wildman–Crippen MR) is 125 cm³/mol. The number of hydrogen-bond donors (Lipinski definition) is 1. The Morgan fingerprint density at radius 3 is 2.48 bits per heavy atom. The fraction of sp³-hybridized carbons (Fsp3) is 0.360. The largest absolute Gasteiger partial charge is 0.352 e. The third kappa shape index (κ3) is 5.07. The van der Waals surface area contributed by atoms with Gasteiger partial charge in [-0.3, -0.25) is 14.5 Å². The van der Waals surface area contributed by atoms with Crippen molar-refractivity contribution in [2.45, 2.75) is 50.6 Å². The molecule has 0 saturated heterocycles. The van der Waals surface area contributed by atoms with Crippen molar-refractivity contribution >= 4 is 28.8 Å². The van der Waals surface area contributed by atoms with Crippen LogP contribution in [0.15, 0.2) is 66.2 Å². The molecule has 0 bridgehead atoms. The van der Waals surface area contributed by atoms with Crippen molar-refractivity contribution in [3.05, 3.63) is 76.7 Å². The molecule has 0 aliphatic heterocycles. The van der Waals surface area contributed by atoms with Gasteiger partial charge in [0.05, 0.1) is 12.1 Å². The zero-order chi connectivity index (χ0) is 21.6. The summed E-state index contributed by atoms with van der Waals surface area (Å²) in [5, 5.41) is 5.23. The van der Waals surface area contributed by atoms with Gasteiger partial charge in [0, 0.05) is 29.9 Å². The zero-order valence-electron chi connectivity index (χ0n) is 17.9. The second-order valence-electron chi connectivity index (χ2n) is 8.15. The van der Waals surface area contributed by atoms with E-state index in [1.54, 1.807) is 16.2 Å². The predicted octanol–water partition coefficient (Wildman–Crippen LogP) is 4.85. The number of benzene rings is 1. The van der Waals surface area contributed by atoms with Crippen LogP contribution in [0.3, 0.4) is 0 Å². The first kappa shape index (κ1) is 21.4. The van der Waals surface area contributed by atoms with Crippen LogP contribution in [0.2, 0.25) is 0 Å². The highest BCUT2D eigenvalue weighted by molar-refractivity contribution is 7.10. The number of hydrogen-bond acceptors (Lipinski definition) is 3. The van der Waals surface area contributed by atoms with Crippen LogP contribution >= 0.6 is 11.3 Å². The minimum Gasteiger partial charge on any atom is -0.352 e. The topological polar surface area (TPSA) is 54.3 Å². The highest BCUT2D eigenvalue weighted by atomic mass is 32.1. The van der Waals surface area contributed by atoms with E-state index in [0.29, 0.717) is 0 Å². The maximum Gasteiger partial charge on any atom is 0.249 e. The number of carbonyl (C=O) groups is 2. The molecule has 2 amide bonds. The van der Waals surface area contributed by atoms with Gasteiger partial charge in [-0.05, 0) is 48.6 Å². The van der Waals surface area contributed by atoms with Gasteiger partial charge in [0.25, 0.3) is 0 Å². The smallest absolute Gasteiger partial charge is 0.249 e. The summed E-state index contributed by atoms with van der Waals surface area (Å²) < 4.78 is 1.93. The standard InChI is InChI=1S/C25H29N3O2S/c1-27-16-8-15-22(27)24(25(30)26-19-10-4-2-5-11-19)28(20-12-6-3-7-13-20)23(29)18-21-14-9-17-31-21/h3,6-9,12-17,19,24H,2,4-5,10-11,18H2,1H3,(H,26,30)/t24-/m1/s1. The van der Waals surface area contributed by atoms with Crippen molar-refractivity contribution in [1.82, 2.24) is 9.88 Å². The van der Waals surface area contributed by atoms with Crippen LogP contribution < -0.4 is 10.2 Å². The molecule has 2 aromatic heterocycles. The van der Waals surface area contributed by atoms with E-state index in [1.165, 1.54) is 6.42 Å². The number of nitrogens with one attached hydrogen (secondary N) is 1. The highest BCUT2D eigenvalue weighted by Crippen LogP contribution is 2.30. The van der Waals surface area contributed by atoms with E-state index in [2.05, 4.69) is 5.32 Å². The quantitative estimate of drug-likeness (QED) is 0.577. The maximum atomic E-state index is 13.7. The molecule has 1 aromatic carbocycles. The SMILES string of the molecule is Cn1cccc1[C@H](C(=O)NC1CCCCC1)N(C(=O)Cc1cccs1)c1ccccc1. The van der Waals surface area contributed by atoms with Crippen LogP contribution in [0.25, 0.3) is 0 Å². The Labute approximate surface area is 187 Å². The Bertz CT molecular complexity index is 991. The molecule has 1 atom stereocenters. The summed E-state index contributed by atoms with van der Waals surface area (Å²) >= 11 is 1.56. The van der Waals surface area contributed by atoms with Gasteiger partial charge in [-0.15, -0.1) is 11.3 Å². The average molecular weight is 436 g/mol. The van der Waals surface area contributed by atoms with Gasteiger partial charge in [0.15, 0.2) is 6.04 Å². The molecule has 1 fully saturated rings. The number of rotatable bonds is 7. The normalized spacial score (nSPS) is 15.4. The highest BCUT2D eigenvalue weighted by Gasteiger charge is 2.35. The molecule has 0 unspecified atom stereocenters. The van der Waals surface area contributed by atoms with Gasteiger partial charge in [-0.25, -0.2) is 0 Å². The third-order valence-electron chi connectivity index (χ3n) is 5.93. The lowest BCUT2D eigenvalue weighted by molar-refractivity contribution is -0.127. The van der Waals surface area contributed by atoms with E-state index in [-0.39, 0.29) is 24.3 Å². The Hall–Kier alpha value is -2.86. The van der Waals surface area contributed by atoms with E-state index >= 15 is 0 Å². The first-order chi connectivity index (χ1) is 15.1. The Kier molecular flexibility index (Phi) is 6.87. The lowest BCUT2D eigenvalue weighted by Gasteiger charge is -2.33. The molecule has 0 radical (unpaired) electrons. The van der Waals surface area contributed by atoms with Crippen LogP contribution in [-0.2, 0) is 23.1 Å². The average Bonchev–Trinajstić information content (AvgIpc) is 3.44. The van der Waals surface area contributed by atoms with Crippen molar-refractivity contribution in [2.75, 3.05) is 4.90 Å². The molecule has 1 saturated carbocycles. The Morgan fingerprint density at radius 1 is 1.06 bits per heavy atom. The van der Waals surface area contributed by atoms with Gasteiger partial charge >= 0.3 is 0 Å². The number of anilines is 1. The Balaban J connectivity index is 1.71. The molecule has 1 aliphatic carbocycles. The molecule has 5 nitrogen and oxygen atoms in total. The fourth-order valence-electron chi connectivity index (χ4n) is 4.34. The molecule has 4 rings (SSSR count). The molecule has 1 aliphatic rings. The molecule has 6 heteroatoms. The second-order valence-corrected chi connectivity index (χ2v) is 9.18. The molecule has 31 heavy (non-hydrogen) atoms. The number of nitrogens with zero attached hydrogens (tertiary/aromatic N) is 2. The lowest BCUT2D eigenvalue weighted by Crippen LogP contribution is -2.48. The summed E-state index contributed by atoms with van der Waals surface area (Å²) in [5.74, 6) is -0.198. The molecule has 1 N–H and O–H groups in total. The monoisotopic (exact) mass is 435 g/mol. The minimum atomic E-state index is -0.725. The fourth-order valence-corrected chi connectivity index (χ4v) is 5.04. The number of aryl methyl sites for hydroxylation is 1. The molecule has 0 spiro atoms. The van der Waals surface area contributed by atoms with Crippen molar-refractivity contribution < 1.29 is 9.59 Å². The second kappa shape index (κ2) is 9.96. The van der Waals surface area contributed by atoms with Crippen LogP contribution in [0.5, 0.6) is 0 Å². The van der Waals surface area contributed by atoms with E-state index in [4.69, 9.17) is 0 Å². The van der Waals surface area contributed by atoms with Crippen LogP contribution in [0.4, 0.5) is 5.69 Å². The van der Waals surface area contributed by atoms with Crippen LogP contribution in [0.1, 0.15) is 48.7 Å². The zero-order valence-corrected chi connectivity index (χ0v) is 18.7. The number of amides is 2. The number of para-hydroxylation sites is 1. The van der Waals surface area contributed by atoms with Gasteiger partial charge in [0.1, 0.15) is 0 Å². The Morgan fingerprint density at radius 2 is 1.84 bits per heavy atom. The van der Waals surface area contributed by atoms with E-state index < -0.39 is 6.04 Å². The maximum absolute atomic E-state index is 13.7. The van der Waals surface area contributed by atoms with Crippen LogP contribution in [0, 0.1) is 0 Å². The van der Waals surface area contributed by atoms with Gasteiger partial charge in [-0.1, -0.05) is 43.5 Å². The van der Waals surface area contributed by atoms with Crippen molar-refractivity contribution in [3.8, 4) is 0 Å². The number of carbonyl (C=O) groups excluding carboxylic acids is 2. The van der Waals surface area contributed by atoms with Crippen LogP contribution in [-0.4, -0.2) is 22.4 Å². The molecular weight excluding hydrogens is 406 g/mol. The lowest BCUT2D eigenvalue weighted by atomic mass is 9.95. The third-order valence-corrected chi connectivity index (χ3v) is 6.81. The first-order valence-corrected chi connectivity index (χ1v) is 11.8. The summed E-state index contributed by atoms with van der Waals surface area (Å²) in [5.41, 5.74) is 1.53. The summed E-state index contributed by atoms with van der Waals surface area (Å²) in [4.78, 5) is 29.9. The van der Waals surface area contributed by atoms with Crippen molar-refractivity contribution in [1.29, 1.82) is 0 Å². The molecular formula is C25H29N3O2S. The summed E-state index contributed by atoms with van der Waals surface area (Å²) in [6, 6.07) is 16.7. The van der Waals surface area contributed by atoms with Crippen molar-refractivity contribution in [3.63, 3.8) is 0 Å². The summed E-state index contributed by atoms with van der Waals surface area (Å²) in [7, 11) is 1.92. The minimum absolute atomic E-state index is 0.0846. The van der Waals surface area contributed by atoms with E-state index in [0.717, 1.165) is 41.9 Å². The molecule has 162 valence electrons. The van der Waals surface area contributed by atoms with Gasteiger partial charge < -0.3 is 9.88 Å². The van der Waals surface area contributed by atoms with Gasteiger partial charge in [0.2, 0.25) is 11.8 Å². The number of thiophene rings is 1. The van der Waals surface area contributed by atoms with Gasteiger partial charge in [-0.2, -0.15) is 0 Å². The summed E-state index contributed by atoms with van der Waals surface area (Å²) in [6.45, 7) is 0. The van der Waals surface area contributed by atoms with E-state index in [9.17, 15) is 9.59 Å². The summed E-state index contributed by atoms with van der Waals surface area (Å²) in [6.07, 6.45) is 7.69. The molecule has 3 aromatic rings. The molecule has 2 heterocycles.